The maximum atomic E-state index is 12.6. The fourth-order valence-electron chi connectivity index (χ4n) is 4.86. The summed E-state index contributed by atoms with van der Waals surface area (Å²) in [7, 11) is 0. The minimum atomic E-state index is -0.895. The van der Waals surface area contributed by atoms with Crippen LogP contribution in [0, 0.1) is 13.8 Å². The normalized spacial score (nSPS) is 15.7. The van der Waals surface area contributed by atoms with Gasteiger partial charge in [-0.1, -0.05) is 23.4 Å². The van der Waals surface area contributed by atoms with Crippen molar-refractivity contribution < 1.29 is 19.2 Å². The molecule has 1 aliphatic heterocycles. The van der Waals surface area contributed by atoms with Crippen LogP contribution in [0.15, 0.2) is 59.3 Å². The van der Waals surface area contributed by atoms with Gasteiger partial charge >= 0.3 is 5.97 Å². The lowest BCUT2D eigenvalue weighted by molar-refractivity contribution is -0.144. The molecule has 1 fully saturated rings. The number of aromatic nitrogens is 2. The Kier molecular flexibility index (Phi) is 6.58. The first-order chi connectivity index (χ1) is 17.4. The Balaban J connectivity index is 1.33. The van der Waals surface area contributed by atoms with Crippen molar-refractivity contribution in [3.8, 4) is 0 Å². The van der Waals surface area contributed by atoms with Crippen LogP contribution in [0.4, 0.5) is 5.69 Å². The summed E-state index contributed by atoms with van der Waals surface area (Å²) >= 11 is 0. The molecule has 4 aromatic rings. The Morgan fingerprint density at radius 3 is 2.53 bits per heavy atom. The summed E-state index contributed by atoms with van der Waals surface area (Å²) in [5.74, 6) is -0.280. The van der Waals surface area contributed by atoms with Gasteiger partial charge in [-0.25, -0.2) is 0 Å². The van der Waals surface area contributed by atoms with E-state index in [1.807, 2.05) is 55.1 Å². The second-order valence-electron chi connectivity index (χ2n) is 9.18. The lowest BCUT2D eigenvalue weighted by Crippen LogP contribution is -2.48. The van der Waals surface area contributed by atoms with Gasteiger partial charge in [-0.15, -0.1) is 0 Å². The number of aryl methyl sites for hydroxylation is 2. The number of rotatable bonds is 7. The highest BCUT2D eigenvalue weighted by atomic mass is 16.5. The lowest BCUT2D eigenvalue weighted by atomic mass is 10.0. The van der Waals surface area contributed by atoms with Gasteiger partial charge in [0.15, 0.2) is 0 Å². The van der Waals surface area contributed by atoms with Gasteiger partial charge in [-0.2, -0.15) is 0 Å². The summed E-state index contributed by atoms with van der Waals surface area (Å²) in [5.41, 5.74) is 4.68. The van der Waals surface area contributed by atoms with Crippen LogP contribution in [0.3, 0.4) is 0 Å². The van der Waals surface area contributed by atoms with Crippen molar-refractivity contribution >= 4 is 28.5 Å². The highest BCUT2D eigenvalue weighted by molar-refractivity contribution is 6.05. The number of amides is 1. The van der Waals surface area contributed by atoms with Crippen LogP contribution in [0.25, 0.3) is 10.9 Å². The van der Waals surface area contributed by atoms with E-state index in [2.05, 4.69) is 20.4 Å². The first-order valence-corrected chi connectivity index (χ1v) is 12.0. The maximum Gasteiger partial charge on any atom is 0.325 e. The van der Waals surface area contributed by atoms with Gasteiger partial charge in [0, 0.05) is 72.2 Å². The smallest absolute Gasteiger partial charge is 0.325 e. The van der Waals surface area contributed by atoms with Crippen LogP contribution < -0.4 is 5.32 Å². The molecule has 0 aliphatic carbocycles. The number of aromatic amines is 1. The van der Waals surface area contributed by atoms with E-state index >= 15 is 0 Å². The number of carbonyl (C=O) groups is 2. The summed E-state index contributed by atoms with van der Waals surface area (Å²) in [5, 5.41) is 17.9. The number of carboxylic acid groups (broad SMARTS) is 1. The van der Waals surface area contributed by atoms with Crippen LogP contribution in [0.5, 0.6) is 0 Å². The number of carboxylic acids is 1. The van der Waals surface area contributed by atoms with Crippen molar-refractivity contribution in [2.45, 2.75) is 26.4 Å². The van der Waals surface area contributed by atoms with Crippen LogP contribution in [-0.4, -0.2) is 63.1 Å². The van der Waals surface area contributed by atoms with Crippen molar-refractivity contribution in [1.29, 1.82) is 0 Å². The maximum absolute atomic E-state index is 12.6. The number of fused-ring (bicyclic) bond motifs is 1. The van der Waals surface area contributed by atoms with E-state index in [1.54, 1.807) is 18.3 Å². The third kappa shape index (κ3) is 4.75. The zero-order chi connectivity index (χ0) is 25.2. The SMILES string of the molecule is Cc1noc(C)c1CN1CCN([C@H](C(=O)O)c2c[nH]c3ccc(NC(=O)c4ccccc4)cc23)CC1. The fourth-order valence-corrected chi connectivity index (χ4v) is 4.86. The Labute approximate surface area is 208 Å². The molecule has 3 heterocycles. The standard InChI is InChI=1S/C27H29N5O4/c1-17-23(18(2)36-30-17)16-31-10-12-32(13-11-31)25(27(34)35)22-15-28-24-9-8-20(14-21(22)24)29-26(33)19-6-4-3-5-7-19/h3-9,14-15,25,28H,10-13,16H2,1-2H3,(H,29,33)(H,34,35)/t25-/m0/s1. The van der Waals surface area contributed by atoms with Crippen molar-refractivity contribution in [2.75, 3.05) is 31.5 Å². The second kappa shape index (κ2) is 9.96. The number of piperazine rings is 1. The van der Waals surface area contributed by atoms with E-state index < -0.39 is 12.0 Å². The summed E-state index contributed by atoms with van der Waals surface area (Å²) < 4.78 is 5.28. The molecular weight excluding hydrogens is 458 g/mol. The van der Waals surface area contributed by atoms with Gasteiger partial charge in [0.1, 0.15) is 11.8 Å². The van der Waals surface area contributed by atoms with Crippen molar-refractivity contribution in [1.82, 2.24) is 19.9 Å². The monoisotopic (exact) mass is 487 g/mol. The zero-order valence-electron chi connectivity index (χ0n) is 20.3. The first kappa shape index (κ1) is 23.8. The van der Waals surface area contributed by atoms with E-state index in [9.17, 15) is 14.7 Å². The Morgan fingerprint density at radius 1 is 1.11 bits per heavy atom. The molecule has 36 heavy (non-hydrogen) atoms. The topological polar surface area (TPSA) is 115 Å². The molecule has 2 aromatic carbocycles. The Morgan fingerprint density at radius 2 is 1.86 bits per heavy atom. The van der Waals surface area contributed by atoms with Crippen LogP contribution >= 0.6 is 0 Å². The van der Waals surface area contributed by atoms with Crippen molar-refractivity contribution in [2.24, 2.45) is 0 Å². The predicted molar refractivity (Wildman–Crippen MR) is 136 cm³/mol. The molecule has 1 amide bonds. The number of H-pyrrole nitrogens is 1. The molecule has 0 unspecified atom stereocenters. The molecule has 1 aliphatic rings. The van der Waals surface area contributed by atoms with Gasteiger partial charge in [-0.05, 0) is 44.2 Å². The fraction of sp³-hybridized carbons (Fsp3) is 0.296. The lowest BCUT2D eigenvalue weighted by Gasteiger charge is -2.37. The Bertz CT molecular complexity index is 1370. The quantitative estimate of drug-likeness (QED) is 0.361. The molecule has 1 atom stereocenters. The number of hydrogen-bond acceptors (Lipinski definition) is 6. The highest BCUT2D eigenvalue weighted by Gasteiger charge is 2.32. The second-order valence-corrected chi connectivity index (χ2v) is 9.18. The number of anilines is 1. The molecule has 186 valence electrons. The summed E-state index contributed by atoms with van der Waals surface area (Å²) in [6.07, 6.45) is 1.77. The molecule has 5 rings (SSSR count). The van der Waals surface area contributed by atoms with E-state index in [-0.39, 0.29) is 5.91 Å². The van der Waals surface area contributed by atoms with Gasteiger partial charge in [0.25, 0.3) is 5.91 Å². The number of nitrogens with one attached hydrogen (secondary N) is 2. The highest BCUT2D eigenvalue weighted by Crippen LogP contribution is 2.32. The number of nitrogens with zero attached hydrogens (tertiary/aromatic N) is 3. The average Bonchev–Trinajstić information content (AvgIpc) is 3.43. The van der Waals surface area contributed by atoms with Gasteiger partial charge < -0.3 is 19.9 Å². The molecule has 1 saturated heterocycles. The molecule has 9 nitrogen and oxygen atoms in total. The molecule has 0 bridgehead atoms. The minimum Gasteiger partial charge on any atom is -0.480 e. The molecule has 0 saturated carbocycles. The van der Waals surface area contributed by atoms with Crippen molar-refractivity contribution in [3.05, 3.63) is 82.9 Å². The number of benzene rings is 2. The van der Waals surface area contributed by atoms with Crippen LogP contribution in [0.2, 0.25) is 0 Å². The molecule has 0 spiro atoms. The zero-order valence-corrected chi connectivity index (χ0v) is 20.3. The van der Waals surface area contributed by atoms with E-state index in [0.29, 0.717) is 29.9 Å². The molecule has 2 aromatic heterocycles. The third-order valence-electron chi connectivity index (χ3n) is 6.87. The molecular formula is C27H29N5O4. The van der Waals surface area contributed by atoms with Gasteiger partial charge in [0.05, 0.1) is 5.69 Å². The third-order valence-corrected chi connectivity index (χ3v) is 6.87. The average molecular weight is 488 g/mol. The van der Waals surface area contributed by atoms with Crippen molar-refractivity contribution in [3.63, 3.8) is 0 Å². The number of hydrogen-bond donors (Lipinski definition) is 3. The van der Waals surface area contributed by atoms with Gasteiger partial charge in [-0.3, -0.25) is 19.4 Å². The predicted octanol–water partition coefficient (Wildman–Crippen LogP) is 3.97. The van der Waals surface area contributed by atoms with Gasteiger partial charge in [0.2, 0.25) is 0 Å². The van der Waals surface area contributed by atoms with E-state index in [1.165, 1.54) is 0 Å². The van der Waals surface area contributed by atoms with E-state index in [4.69, 9.17) is 4.52 Å². The van der Waals surface area contributed by atoms with Crippen LogP contribution in [0.1, 0.15) is 39.0 Å². The molecule has 9 heteroatoms. The molecule has 3 N–H and O–H groups in total. The number of carbonyl (C=O) groups excluding carboxylic acids is 1. The molecule has 0 radical (unpaired) electrons. The Hall–Kier alpha value is -3.95. The number of aliphatic carboxylic acids is 1. The first-order valence-electron chi connectivity index (χ1n) is 12.0. The summed E-state index contributed by atoms with van der Waals surface area (Å²) in [6.45, 7) is 7.33. The summed E-state index contributed by atoms with van der Waals surface area (Å²) in [4.78, 5) is 32.6. The van der Waals surface area contributed by atoms with Crippen LogP contribution in [-0.2, 0) is 11.3 Å². The minimum absolute atomic E-state index is 0.212. The largest absolute Gasteiger partial charge is 0.480 e. The van der Waals surface area contributed by atoms with E-state index in [0.717, 1.165) is 47.6 Å². The summed E-state index contributed by atoms with van der Waals surface area (Å²) in [6, 6.07) is 13.7.